The van der Waals surface area contributed by atoms with Gasteiger partial charge in [0.25, 0.3) is 5.91 Å². The van der Waals surface area contributed by atoms with E-state index in [2.05, 4.69) is 34.1 Å². The summed E-state index contributed by atoms with van der Waals surface area (Å²) in [5.41, 5.74) is 5.32. The van der Waals surface area contributed by atoms with Crippen LogP contribution in [0.2, 0.25) is 0 Å². The second-order valence-corrected chi connectivity index (χ2v) is 20.8. The Morgan fingerprint density at radius 3 is 2.44 bits per heavy atom. The van der Waals surface area contributed by atoms with Crippen LogP contribution in [0, 0.1) is 23.2 Å². The lowest BCUT2D eigenvalue weighted by atomic mass is 9.39. The normalized spacial score (nSPS) is 26.2. The maximum absolute atomic E-state index is 13.7. The highest BCUT2D eigenvalue weighted by molar-refractivity contribution is 7.22. The number of hydrogen-bond donors (Lipinski definition) is 7. The van der Waals surface area contributed by atoms with Gasteiger partial charge >= 0.3 is 5.97 Å². The van der Waals surface area contributed by atoms with Crippen molar-refractivity contribution in [1.82, 2.24) is 25.1 Å². The lowest BCUT2D eigenvalue weighted by molar-refractivity contribution is -0.247. The van der Waals surface area contributed by atoms with Crippen molar-refractivity contribution < 1.29 is 39.9 Å². The average Bonchev–Trinajstić information content (AvgIpc) is 3.83. The molecule has 5 unspecified atom stereocenters. The van der Waals surface area contributed by atoms with Crippen LogP contribution < -0.4 is 15.5 Å². The molecule has 7 N–H and O–H groups in total. The molecule has 5 aromatic rings. The fourth-order valence-electron chi connectivity index (χ4n) is 12.7. The van der Waals surface area contributed by atoms with Crippen LogP contribution >= 0.6 is 11.3 Å². The Morgan fingerprint density at radius 1 is 0.906 bits per heavy atom. The monoisotopic (exact) mass is 893 g/mol. The second kappa shape index (κ2) is 17.2. The Hall–Kier alpha value is -4.81. The number of nitrogens with zero attached hydrogens (tertiary/aromatic N) is 5. The number of carbonyl (C=O) groups is 2. The summed E-state index contributed by atoms with van der Waals surface area (Å²) in [6.45, 7) is 9.40. The average molecular weight is 894 g/mol. The molecule has 2 aromatic carbocycles. The predicted octanol–water partition coefficient (Wildman–Crippen LogP) is 5.57. The van der Waals surface area contributed by atoms with Crippen LogP contribution in [-0.2, 0) is 24.2 Å². The third-order valence-electron chi connectivity index (χ3n) is 14.2. The van der Waals surface area contributed by atoms with Gasteiger partial charge in [-0.25, -0.2) is 14.8 Å². The number of anilines is 2. The van der Waals surface area contributed by atoms with Crippen LogP contribution in [0.25, 0.3) is 21.3 Å². The van der Waals surface area contributed by atoms with Gasteiger partial charge in [-0.05, 0) is 123 Å². The molecule has 340 valence electrons. The fourth-order valence-corrected chi connectivity index (χ4v) is 13.5. The number of amides is 1. The van der Waals surface area contributed by atoms with Gasteiger partial charge in [-0.1, -0.05) is 49.4 Å². The van der Waals surface area contributed by atoms with Crippen molar-refractivity contribution in [2.24, 2.45) is 16.2 Å². The van der Waals surface area contributed by atoms with E-state index in [-0.39, 0.29) is 39.9 Å². The van der Waals surface area contributed by atoms with Crippen molar-refractivity contribution in [1.29, 1.82) is 0 Å². The van der Waals surface area contributed by atoms with E-state index in [4.69, 9.17) is 19.9 Å². The Bertz CT molecular complexity index is 2510. The van der Waals surface area contributed by atoms with E-state index in [9.17, 15) is 30.0 Å². The van der Waals surface area contributed by atoms with Crippen LogP contribution in [0.5, 0.6) is 0 Å². The Labute approximate surface area is 376 Å². The minimum atomic E-state index is -1.40. The fraction of sp³-hybridized carbons (Fsp3) is 0.521. The quantitative estimate of drug-likeness (QED) is 0.0570. The smallest absolute Gasteiger partial charge is 0.355 e. The molecular formula is C48H59N7O8S. The number of carboxylic acids is 1. The van der Waals surface area contributed by atoms with Crippen molar-refractivity contribution in [2.45, 2.75) is 109 Å². The lowest BCUT2D eigenvalue weighted by Crippen LogP contribution is -2.64. The van der Waals surface area contributed by atoms with E-state index < -0.39 is 30.9 Å². The maximum Gasteiger partial charge on any atom is 0.355 e. The molecule has 1 amide bonds. The topological polar surface area (TPSA) is 215 Å². The number of para-hydroxylation sites is 1. The second-order valence-electron chi connectivity index (χ2n) is 19.8. The first-order valence-corrected chi connectivity index (χ1v) is 23.2. The van der Waals surface area contributed by atoms with E-state index in [1.165, 1.54) is 11.3 Å². The minimum absolute atomic E-state index is 0.0444. The van der Waals surface area contributed by atoms with Crippen molar-refractivity contribution in [3.63, 3.8) is 0 Å². The zero-order valence-corrected chi connectivity index (χ0v) is 37.5. The zero-order valence-electron chi connectivity index (χ0n) is 36.7. The molecule has 3 aromatic heterocycles. The number of thiazole rings is 1. The number of carbonyl (C=O) groups excluding carboxylic acids is 1. The van der Waals surface area contributed by atoms with E-state index >= 15 is 0 Å². The van der Waals surface area contributed by atoms with Crippen molar-refractivity contribution in [3.05, 3.63) is 88.9 Å². The van der Waals surface area contributed by atoms with Gasteiger partial charge < -0.3 is 40.5 Å². The summed E-state index contributed by atoms with van der Waals surface area (Å²) >= 11 is 1.43. The van der Waals surface area contributed by atoms with Gasteiger partial charge in [0.1, 0.15) is 18.0 Å². The van der Waals surface area contributed by atoms with Gasteiger partial charge in [-0.3, -0.25) is 14.8 Å². The zero-order chi connectivity index (χ0) is 45.0. The molecule has 0 saturated heterocycles. The number of aliphatic hydroxyl groups excluding tert-OH is 4. The van der Waals surface area contributed by atoms with Crippen molar-refractivity contribution in [3.8, 4) is 11.1 Å². The molecule has 4 heterocycles. The number of aliphatic hydroxyl groups is 4. The highest BCUT2D eigenvalue weighted by atomic mass is 32.1. The number of hydrogen-bond acceptors (Lipinski definition) is 13. The summed E-state index contributed by atoms with van der Waals surface area (Å²) in [4.78, 5) is 38.0. The first kappa shape index (κ1) is 44.4. The molecule has 4 fully saturated rings. The number of fused-ring (bicyclic) bond motifs is 2. The van der Waals surface area contributed by atoms with Gasteiger partial charge in [0.05, 0.1) is 41.3 Å². The van der Waals surface area contributed by atoms with E-state index in [0.717, 1.165) is 71.1 Å². The number of aromatic nitrogens is 4. The van der Waals surface area contributed by atoms with E-state index in [1.54, 1.807) is 6.20 Å². The highest BCUT2D eigenvalue weighted by Crippen LogP contribution is 2.72. The number of ether oxygens (including phenoxy) is 1. The molecule has 4 aliphatic carbocycles. The molecule has 64 heavy (non-hydrogen) atoms. The summed E-state index contributed by atoms with van der Waals surface area (Å²) < 4.78 is 9.90. The number of rotatable bonds is 17. The SMILES string of the molecule is Cc1c(-c2ccc(N3CCc4cccc(C(=O)Nc5nc6ccccc6s5)c4C3)nc2C(=O)O)cnn1CC12CC3(C)CC(C)(C1)CC(OCCNCCC(O)C(O)C(O)CO)(C3)C2. The molecule has 5 atom stereocenters. The standard InChI is InChI=1S/C48H59N7O8S/c1-29-33(19-50-55(29)28-47-23-45(2)22-46(3,24-47)26-48(25-45,27-47)63-18-16-49-15-13-36(57)41(59)37(58)21-56)31-11-12-39(52-40(31)43(61)62)54-17-14-30-7-6-8-32(34(30)20-54)42(60)53-44-51-35-9-4-5-10-38(35)64-44/h4-12,19,36-37,41,49,56-59H,13-18,20-28H2,1-3H3,(H,61,62)(H,51,53,60). The van der Waals surface area contributed by atoms with Crippen LogP contribution in [0.3, 0.4) is 0 Å². The predicted molar refractivity (Wildman–Crippen MR) is 244 cm³/mol. The Balaban J connectivity index is 0.888. The van der Waals surface area contributed by atoms with Crippen LogP contribution in [-0.4, -0.2) is 114 Å². The van der Waals surface area contributed by atoms with Crippen LogP contribution in [0.4, 0.5) is 10.9 Å². The molecule has 1 aliphatic heterocycles. The highest BCUT2D eigenvalue weighted by Gasteiger charge is 2.66. The summed E-state index contributed by atoms with van der Waals surface area (Å²) in [5, 5.41) is 61.2. The Kier molecular flexibility index (Phi) is 11.9. The molecule has 4 bridgehead atoms. The molecule has 5 aliphatic rings. The van der Waals surface area contributed by atoms with Gasteiger partial charge in [0.15, 0.2) is 10.8 Å². The van der Waals surface area contributed by atoms with Crippen molar-refractivity contribution >= 4 is 44.4 Å². The first-order chi connectivity index (χ1) is 30.6. The summed E-state index contributed by atoms with van der Waals surface area (Å²) in [5.74, 6) is -0.831. The molecule has 10 rings (SSSR count). The third kappa shape index (κ3) is 8.68. The number of pyridine rings is 1. The van der Waals surface area contributed by atoms with Crippen molar-refractivity contribution in [2.75, 3.05) is 43.1 Å². The molecule has 4 saturated carbocycles. The van der Waals surface area contributed by atoms with Crippen LogP contribution in [0.1, 0.15) is 96.5 Å². The lowest BCUT2D eigenvalue weighted by Gasteiger charge is -2.69. The van der Waals surface area contributed by atoms with E-state index in [0.29, 0.717) is 67.8 Å². The van der Waals surface area contributed by atoms with Gasteiger partial charge in [0, 0.05) is 48.6 Å². The minimum Gasteiger partial charge on any atom is -0.476 e. The first-order valence-electron chi connectivity index (χ1n) is 22.4. The molecular weight excluding hydrogens is 835 g/mol. The van der Waals surface area contributed by atoms with Crippen LogP contribution in [0.15, 0.2) is 60.8 Å². The number of carboxylic acid groups (broad SMARTS) is 1. The summed E-state index contributed by atoms with van der Waals surface area (Å²) in [7, 11) is 0. The number of nitrogens with one attached hydrogen (secondary N) is 2. The summed E-state index contributed by atoms with van der Waals surface area (Å²) in [6, 6.07) is 17.2. The summed E-state index contributed by atoms with van der Waals surface area (Å²) in [6.07, 6.45) is 4.91. The maximum atomic E-state index is 13.7. The number of benzene rings is 2. The molecule has 15 nitrogen and oxygen atoms in total. The molecule has 0 radical (unpaired) electrons. The number of aromatic carboxylic acids is 1. The van der Waals surface area contributed by atoms with E-state index in [1.807, 2.05) is 66.4 Å². The molecule has 16 heteroatoms. The van der Waals surface area contributed by atoms with Gasteiger partial charge in [0.2, 0.25) is 0 Å². The van der Waals surface area contributed by atoms with Gasteiger partial charge in [-0.2, -0.15) is 5.10 Å². The largest absolute Gasteiger partial charge is 0.476 e. The van der Waals surface area contributed by atoms with Gasteiger partial charge in [-0.15, -0.1) is 0 Å². The Morgan fingerprint density at radius 2 is 1.69 bits per heavy atom. The molecule has 0 spiro atoms. The third-order valence-corrected chi connectivity index (χ3v) is 15.2.